The minimum Gasteiger partial charge on any atom is -0.508 e. The number of rotatable bonds is 0. The Hall–Kier alpha value is -1.24. The zero-order valence-corrected chi connectivity index (χ0v) is 11.4. The van der Waals surface area contributed by atoms with E-state index in [-0.39, 0.29) is 0 Å². The van der Waals surface area contributed by atoms with E-state index >= 15 is 0 Å². The number of aryl methyl sites for hydroxylation is 1. The fourth-order valence-corrected chi connectivity index (χ4v) is 5.14. The van der Waals surface area contributed by atoms with Gasteiger partial charge in [-0.2, -0.15) is 0 Å². The minimum atomic E-state index is 0.431. The number of phenols is 1. The maximum absolute atomic E-state index is 9.66. The third-order valence-corrected chi connectivity index (χ3v) is 5.97. The van der Waals surface area contributed by atoms with E-state index in [1.165, 1.54) is 48.8 Å². The van der Waals surface area contributed by atoms with Gasteiger partial charge in [-0.1, -0.05) is 18.2 Å². The zero-order chi connectivity index (χ0) is 13.0. The van der Waals surface area contributed by atoms with Crippen LogP contribution in [0.3, 0.4) is 0 Å². The lowest BCUT2D eigenvalue weighted by Gasteiger charge is -2.44. The van der Waals surface area contributed by atoms with Crippen molar-refractivity contribution >= 4 is 0 Å². The van der Waals surface area contributed by atoms with Crippen LogP contribution in [-0.2, 0) is 6.42 Å². The molecule has 1 N–H and O–H groups in total. The molecule has 0 aliphatic heterocycles. The van der Waals surface area contributed by atoms with Gasteiger partial charge in [0.1, 0.15) is 5.75 Å². The molecule has 2 saturated carbocycles. The summed E-state index contributed by atoms with van der Waals surface area (Å²) in [7, 11) is 0. The second-order valence-electron chi connectivity index (χ2n) is 6.74. The van der Waals surface area contributed by atoms with Crippen molar-refractivity contribution in [1.82, 2.24) is 0 Å². The van der Waals surface area contributed by atoms with Crippen molar-refractivity contribution in [3.8, 4) is 5.75 Å². The smallest absolute Gasteiger partial charge is 0.115 e. The SMILES string of the molecule is C=C1CCC2C1CCC1c3ccc(O)cc3CCC12. The Balaban J connectivity index is 1.70. The molecule has 0 spiro atoms. The topological polar surface area (TPSA) is 20.2 Å². The summed E-state index contributed by atoms with van der Waals surface area (Å²) in [5, 5.41) is 9.66. The molecule has 19 heavy (non-hydrogen) atoms. The molecule has 4 rings (SSSR count). The minimum absolute atomic E-state index is 0.431. The van der Waals surface area contributed by atoms with Crippen LogP contribution >= 0.6 is 0 Å². The highest BCUT2D eigenvalue weighted by Gasteiger charge is 2.45. The average Bonchev–Trinajstić information content (AvgIpc) is 2.80. The van der Waals surface area contributed by atoms with Gasteiger partial charge in [0.2, 0.25) is 0 Å². The fourth-order valence-electron chi connectivity index (χ4n) is 5.14. The van der Waals surface area contributed by atoms with Crippen LogP contribution in [0.5, 0.6) is 5.75 Å². The Morgan fingerprint density at radius 3 is 2.58 bits per heavy atom. The second-order valence-corrected chi connectivity index (χ2v) is 6.74. The Bertz CT molecular complexity index is 530. The van der Waals surface area contributed by atoms with Gasteiger partial charge in [0, 0.05) is 0 Å². The first-order valence-corrected chi connectivity index (χ1v) is 7.73. The summed E-state index contributed by atoms with van der Waals surface area (Å²) in [4.78, 5) is 0. The van der Waals surface area contributed by atoms with Gasteiger partial charge in [0.05, 0.1) is 0 Å². The van der Waals surface area contributed by atoms with Crippen LogP contribution in [0.1, 0.15) is 49.1 Å². The predicted octanol–water partition coefficient (Wildman–Crippen LogP) is 4.41. The molecule has 1 aromatic rings. The van der Waals surface area contributed by atoms with Gasteiger partial charge in [-0.05, 0) is 85.5 Å². The van der Waals surface area contributed by atoms with Gasteiger partial charge in [-0.25, -0.2) is 0 Å². The quantitative estimate of drug-likeness (QED) is 0.680. The Morgan fingerprint density at radius 2 is 1.68 bits per heavy atom. The first-order chi connectivity index (χ1) is 9.24. The van der Waals surface area contributed by atoms with Gasteiger partial charge < -0.3 is 5.11 Å². The van der Waals surface area contributed by atoms with Gasteiger partial charge in [0.15, 0.2) is 0 Å². The van der Waals surface area contributed by atoms with Crippen molar-refractivity contribution in [3.05, 3.63) is 41.5 Å². The van der Waals surface area contributed by atoms with Gasteiger partial charge in [-0.3, -0.25) is 0 Å². The lowest BCUT2D eigenvalue weighted by Crippen LogP contribution is -2.34. The molecule has 3 aliphatic carbocycles. The number of allylic oxidation sites excluding steroid dienone is 1. The summed E-state index contributed by atoms with van der Waals surface area (Å²) >= 11 is 0. The van der Waals surface area contributed by atoms with E-state index in [0.717, 1.165) is 30.1 Å². The standard InChI is InChI=1S/C18H22O/c1-11-2-5-16-14(11)8-9-17-15-7-4-13(19)10-12(15)3-6-18(16)17/h4,7,10,14,16-19H,1-3,5-6,8-9H2. The van der Waals surface area contributed by atoms with Crippen molar-refractivity contribution < 1.29 is 5.11 Å². The number of aromatic hydroxyl groups is 1. The lowest BCUT2D eigenvalue weighted by molar-refractivity contribution is 0.149. The first-order valence-electron chi connectivity index (χ1n) is 7.73. The van der Waals surface area contributed by atoms with Crippen LogP contribution in [0.4, 0.5) is 0 Å². The van der Waals surface area contributed by atoms with E-state index in [2.05, 4.69) is 12.6 Å². The van der Waals surface area contributed by atoms with E-state index in [0.29, 0.717) is 5.75 Å². The molecule has 100 valence electrons. The monoisotopic (exact) mass is 254 g/mol. The second kappa shape index (κ2) is 4.13. The normalized spacial score (nSPS) is 36.5. The lowest BCUT2D eigenvalue weighted by atomic mass is 9.60. The summed E-state index contributed by atoms with van der Waals surface area (Å²) in [5.41, 5.74) is 4.46. The highest BCUT2D eigenvalue weighted by atomic mass is 16.3. The van der Waals surface area contributed by atoms with Crippen LogP contribution in [0.25, 0.3) is 0 Å². The highest BCUT2D eigenvalue weighted by Crippen LogP contribution is 2.56. The first kappa shape index (κ1) is 11.6. The molecule has 0 bridgehead atoms. The van der Waals surface area contributed by atoms with Crippen LogP contribution in [0, 0.1) is 17.8 Å². The molecule has 0 aromatic heterocycles. The summed E-state index contributed by atoms with van der Waals surface area (Å²) in [6.45, 7) is 4.30. The molecule has 2 fully saturated rings. The summed E-state index contributed by atoms with van der Waals surface area (Å²) < 4.78 is 0. The number of hydrogen-bond donors (Lipinski definition) is 1. The molecular formula is C18H22O. The zero-order valence-electron chi connectivity index (χ0n) is 11.4. The molecule has 1 nitrogen and oxygen atoms in total. The number of fused-ring (bicyclic) bond motifs is 5. The maximum atomic E-state index is 9.66. The van der Waals surface area contributed by atoms with Gasteiger partial charge in [-0.15, -0.1) is 0 Å². The summed E-state index contributed by atoms with van der Waals surface area (Å²) in [5.74, 6) is 3.76. The molecule has 0 amide bonds. The largest absolute Gasteiger partial charge is 0.508 e. The molecule has 1 heteroatoms. The van der Waals surface area contributed by atoms with Crippen molar-refractivity contribution in [1.29, 1.82) is 0 Å². The molecule has 4 atom stereocenters. The molecule has 4 unspecified atom stereocenters. The molecule has 0 heterocycles. The van der Waals surface area contributed by atoms with Crippen molar-refractivity contribution in [3.63, 3.8) is 0 Å². The number of hydrogen-bond acceptors (Lipinski definition) is 1. The van der Waals surface area contributed by atoms with Crippen LogP contribution in [-0.4, -0.2) is 5.11 Å². The Kier molecular flexibility index (Phi) is 2.51. The van der Waals surface area contributed by atoms with Crippen LogP contribution in [0.15, 0.2) is 30.4 Å². The van der Waals surface area contributed by atoms with Gasteiger partial charge in [0.25, 0.3) is 0 Å². The summed E-state index contributed by atoms with van der Waals surface area (Å²) in [6.07, 6.45) is 7.77. The molecular weight excluding hydrogens is 232 g/mol. The average molecular weight is 254 g/mol. The molecule has 0 radical (unpaired) electrons. The predicted molar refractivity (Wildman–Crippen MR) is 77.2 cm³/mol. The number of phenolic OH excluding ortho intramolecular Hbond substituents is 1. The summed E-state index contributed by atoms with van der Waals surface area (Å²) in [6, 6.07) is 6.05. The van der Waals surface area contributed by atoms with E-state index in [1.54, 1.807) is 0 Å². The van der Waals surface area contributed by atoms with Crippen molar-refractivity contribution in [2.45, 2.75) is 44.4 Å². The van der Waals surface area contributed by atoms with Crippen LogP contribution < -0.4 is 0 Å². The Morgan fingerprint density at radius 1 is 0.947 bits per heavy atom. The third kappa shape index (κ3) is 1.67. The maximum Gasteiger partial charge on any atom is 0.115 e. The fraction of sp³-hybridized carbons (Fsp3) is 0.556. The molecule has 1 aromatic carbocycles. The van der Waals surface area contributed by atoms with Crippen molar-refractivity contribution in [2.24, 2.45) is 17.8 Å². The van der Waals surface area contributed by atoms with Crippen LogP contribution in [0.2, 0.25) is 0 Å². The van der Waals surface area contributed by atoms with E-state index < -0.39 is 0 Å². The molecule has 3 aliphatic rings. The number of benzene rings is 1. The van der Waals surface area contributed by atoms with E-state index in [1.807, 2.05) is 12.1 Å². The van der Waals surface area contributed by atoms with E-state index in [4.69, 9.17) is 0 Å². The van der Waals surface area contributed by atoms with Crippen molar-refractivity contribution in [2.75, 3.05) is 0 Å². The highest BCUT2D eigenvalue weighted by molar-refractivity contribution is 5.40. The molecule has 0 saturated heterocycles. The third-order valence-electron chi connectivity index (χ3n) is 5.97. The van der Waals surface area contributed by atoms with E-state index in [9.17, 15) is 5.11 Å². The van der Waals surface area contributed by atoms with Gasteiger partial charge >= 0.3 is 0 Å². The Labute approximate surface area is 115 Å².